The highest BCUT2D eigenvalue weighted by atomic mass is 16.5. The summed E-state index contributed by atoms with van der Waals surface area (Å²) in [5.41, 5.74) is 0. The Hall–Kier alpha value is -1.06. The van der Waals surface area contributed by atoms with Crippen LogP contribution >= 0.6 is 0 Å². The van der Waals surface area contributed by atoms with Gasteiger partial charge in [-0.1, -0.05) is 85.0 Å². The molecule has 0 radical (unpaired) electrons. The molecule has 0 aromatic heterocycles. The third kappa shape index (κ3) is 21.1. The van der Waals surface area contributed by atoms with E-state index in [1.165, 1.54) is 57.8 Å². The first-order chi connectivity index (χ1) is 13.1. The van der Waals surface area contributed by atoms with Crippen molar-refractivity contribution in [2.24, 2.45) is 5.92 Å². The topological polar surface area (TPSA) is 52.6 Å². The van der Waals surface area contributed by atoms with E-state index < -0.39 is 0 Å². The van der Waals surface area contributed by atoms with E-state index in [1.807, 2.05) is 0 Å². The SMILES string of the molecule is CCCCCCCCCCCCCOC(=O)CCCC(=O)OCCC(C)C. The number of hydrogen-bond acceptors (Lipinski definition) is 4. The monoisotopic (exact) mass is 384 g/mol. The number of carbonyl (C=O) groups excluding carboxylic acids is 2. The van der Waals surface area contributed by atoms with Crippen LogP contribution < -0.4 is 0 Å². The Labute approximate surface area is 167 Å². The summed E-state index contributed by atoms with van der Waals surface area (Å²) in [6.45, 7) is 7.43. The molecular formula is C23H44O4. The molecular weight excluding hydrogens is 340 g/mol. The van der Waals surface area contributed by atoms with Crippen LogP contribution in [0.2, 0.25) is 0 Å². The molecule has 0 N–H and O–H groups in total. The molecule has 4 heteroatoms. The molecule has 0 unspecified atom stereocenters. The molecule has 0 aromatic carbocycles. The van der Waals surface area contributed by atoms with Crippen LogP contribution in [0.25, 0.3) is 0 Å². The first-order valence-corrected chi connectivity index (χ1v) is 11.4. The van der Waals surface area contributed by atoms with Crippen molar-refractivity contribution in [3.8, 4) is 0 Å². The fourth-order valence-electron chi connectivity index (χ4n) is 2.88. The Morgan fingerprint density at radius 3 is 1.56 bits per heavy atom. The first-order valence-electron chi connectivity index (χ1n) is 11.4. The Morgan fingerprint density at radius 2 is 1.07 bits per heavy atom. The maximum Gasteiger partial charge on any atom is 0.305 e. The van der Waals surface area contributed by atoms with Crippen molar-refractivity contribution in [1.29, 1.82) is 0 Å². The zero-order valence-electron chi connectivity index (χ0n) is 18.2. The average molecular weight is 385 g/mol. The molecule has 0 saturated heterocycles. The van der Waals surface area contributed by atoms with Crippen molar-refractivity contribution in [2.75, 3.05) is 13.2 Å². The number of esters is 2. The van der Waals surface area contributed by atoms with Gasteiger partial charge in [0.05, 0.1) is 13.2 Å². The highest BCUT2D eigenvalue weighted by Gasteiger charge is 2.07. The molecule has 0 aliphatic carbocycles. The maximum atomic E-state index is 11.6. The van der Waals surface area contributed by atoms with Crippen LogP contribution in [-0.4, -0.2) is 25.2 Å². The fraction of sp³-hybridized carbons (Fsp3) is 0.913. The second-order valence-electron chi connectivity index (χ2n) is 8.01. The van der Waals surface area contributed by atoms with E-state index in [4.69, 9.17) is 9.47 Å². The van der Waals surface area contributed by atoms with Gasteiger partial charge in [-0.2, -0.15) is 0 Å². The van der Waals surface area contributed by atoms with Crippen LogP contribution in [0.3, 0.4) is 0 Å². The smallest absolute Gasteiger partial charge is 0.305 e. The molecule has 0 spiro atoms. The van der Waals surface area contributed by atoms with Crippen molar-refractivity contribution < 1.29 is 19.1 Å². The Kier molecular flexibility index (Phi) is 18.9. The molecule has 0 fully saturated rings. The van der Waals surface area contributed by atoms with E-state index >= 15 is 0 Å². The minimum absolute atomic E-state index is 0.197. The average Bonchev–Trinajstić information content (AvgIpc) is 2.62. The Morgan fingerprint density at radius 1 is 0.630 bits per heavy atom. The number of carbonyl (C=O) groups is 2. The first kappa shape index (κ1) is 25.9. The number of unbranched alkanes of at least 4 members (excludes halogenated alkanes) is 10. The summed E-state index contributed by atoms with van der Waals surface area (Å²) in [6, 6.07) is 0. The third-order valence-corrected chi connectivity index (χ3v) is 4.73. The van der Waals surface area contributed by atoms with E-state index in [9.17, 15) is 9.59 Å². The molecule has 4 nitrogen and oxygen atoms in total. The van der Waals surface area contributed by atoms with Crippen molar-refractivity contribution >= 4 is 11.9 Å². The van der Waals surface area contributed by atoms with Crippen LogP contribution in [0.5, 0.6) is 0 Å². The van der Waals surface area contributed by atoms with Crippen LogP contribution in [0, 0.1) is 5.92 Å². The van der Waals surface area contributed by atoms with E-state index in [-0.39, 0.29) is 11.9 Å². The summed E-state index contributed by atoms with van der Waals surface area (Å²) in [4.78, 5) is 23.1. The molecule has 0 aliphatic heterocycles. The summed E-state index contributed by atoms with van der Waals surface area (Å²) in [7, 11) is 0. The molecule has 0 aliphatic rings. The van der Waals surface area contributed by atoms with Crippen LogP contribution in [0.15, 0.2) is 0 Å². The summed E-state index contributed by atoms with van der Waals surface area (Å²) >= 11 is 0. The largest absolute Gasteiger partial charge is 0.466 e. The highest BCUT2D eigenvalue weighted by molar-refractivity contribution is 5.72. The normalized spacial score (nSPS) is 11.0. The number of hydrogen-bond donors (Lipinski definition) is 0. The quantitative estimate of drug-likeness (QED) is 0.186. The van der Waals surface area contributed by atoms with E-state index in [2.05, 4.69) is 20.8 Å². The van der Waals surface area contributed by atoms with Crippen LogP contribution in [0.4, 0.5) is 0 Å². The van der Waals surface area contributed by atoms with Gasteiger partial charge in [-0.15, -0.1) is 0 Å². The maximum absolute atomic E-state index is 11.6. The molecule has 0 saturated carbocycles. The second kappa shape index (κ2) is 19.7. The minimum Gasteiger partial charge on any atom is -0.466 e. The summed E-state index contributed by atoms with van der Waals surface area (Å²) in [5.74, 6) is 0.120. The Bertz CT molecular complexity index is 352. The minimum atomic E-state index is -0.214. The van der Waals surface area contributed by atoms with Gasteiger partial charge >= 0.3 is 11.9 Å². The molecule has 160 valence electrons. The predicted octanol–water partition coefficient (Wildman–Crippen LogP) is 6.60. The van der Waals surface area contributed by atoms with Crippen molar-refractivity contribution in [1.82, 2.24) is 0 Å². The Balaban J connectivity index is 3.29. The molecule has 0 atom stereocenters. The number of rotatable bonds is 19. The van der Waals surface area contributed by atoms with E-state index in [1.54, 1.807) is 0 Å². The van der Waals surface area contributed by atoms with Crippen LogP contribution in [-0.2, 0) is 19.1 Å². The van der Waals surface area contributed by atoms with Gasteiger partial charge in [-0.3, -0.25) is 9.59 Å². The van der Waals surface area contributed by atoms with Gasteiger partial charge in [0.15, 0.2) is 0 Å². The van der Waals surface area contributed by atoms with E-state index in [0.29, 0.717) is 38.4 Å². The van der Waals surface area contributed by atoms with Crippen LogP contribution in [0.1, 0.15) is 117 Å². The predicted molar refractivity (Wildman–Crippen MR) is 112 cm³/mol. The van der Waals surface area contributed by atoms with Crippen molar-refractivity contribution in [2.45, 2.75) is 117 Å². The third-order valence-electron chi connectivity index (χ3n) is 4.73. The lowest BCUT2D eigenvalue weighted by Gasteiger charge is -2.07. The van der Waals surface area contributed by atoms with Gasteiger partial charge in [-0.25, -0.2) is 0 Å². The van der Waals surface area contributed by atoms with Gasteiger partial charge in [0.2, 0.25) is 0 Å². The summed E-state index contributed by atoms with van der Waals surface area (Å²) in [6.07, 6.45) is 16.1. The zero-order chi connectivity index (χ0) is 20.2. The lowest BCUT2D eigenvalue weighted by Crippen LogP contribution is -2.10. The zero-order valence-corrected chi connectivity index (χ0v) is 18.2. The van der Waals surface area contributed by atoms with E-state index in [0.717, 1.165) is 19.3 Å². The van der Waals surface area contributed by atoms with Gasteiger partial charge < -0.3 is 9.47 Å². The van der Waals surface area contributed by atoms with Gasteiger partial charge in [0.1, 0.15) is 0 Å². The molecule has 27 heavy (non-hydrogen) atoms. The van der Waals surface area contributed by atoms with Gasteiger partial charge in [-0.05, 0) is 25.2 Å². The summed E-state index contributed by atoms with van der Waals surface area (Å²) < 4.78 is 10.3. The summed E-state index contributed by atoms with van der Waals surface area (Å²) in [5, 5.41) is 0. The van der Waals surface area contributed by atoms with Gasteiger partial charge in [0.25, 0.3) is 0 Å². The fourth-order valence-corrected chi connectivity index (χ4v) is 2.88. The standard InChI is InChI=1S/C23H44O4/c1-4-5-6-7-8-9-10-11-12-13-14-19-26-22(24)16-15-17-23(25)27-20-18-21(2)3/h21H,4-20H2,1-3H3. The van der Waals surface area contributed by atoms with Gasteiger partial charge in [0, 0.05) is 12.8 Å². The van der Waals surface area contributed by atoms with Crippen molar-refractivity contribution in [3.05, 3.63) is 0 Å². The van der Waals surface area contributed by atoms with Crippen molar-refractivity contribution in [3.63, 3.8) is 0 Å². The lowest BCUT2D eigenvalue weighted by atomic mass is 10.1. The molecule has 0 heterocycles. The second-order valence-corrected chi connectivity index (χ2v) is 8.01. The molecule has 0 rings (SSSR count). The molecule has 0 aromatic rings. The number of ether oxygens (including phenoxy) is 2. The lowest BCUT2D eigenvalue weighted by molar-refractivity contribution is -0.145. The molecule has 0 amide bonds. The molecule has 0 bridgehead atoms. The highest BCUT2D eigenvalue weighted by Crippen LogP contribution is 2.11.